The lowest BCUT2D eigenvalue weighted by Crippen LogP contribution is -2.40. The molecule has 0 bridgehead atoms. The molecule has 3 atom stereocenters. The van der Waals surface area contributed by atoms with Crippen molar-refractivity contribution < 1.29 is 19.0 Å². The smallest absolute Gasteiger partial charge is 0.407 e. The zero-order valence-corrected chi connectivity index (χ0v) is 23.5. The van der Waals surface area contributed by atoms with Gasteiger partial charge in [0, 0.05) is 43.9 Å². The van der Waals surface area contributed by atoms with Crippen LogP contribution in [-0.2, 0) is 9.47 Å². The molecule has 41 heavy (non-hydrogen) atoms. The first-order valence-corrected chi connectivity index (χ1v) is 13.8. The molecule has 0 spiro atoms. The highest BCUT2D eigenvalue weighted by atomic mass is 35.5. The van der Waals surface area contributed by atoms with E-state index in [-0.39, 0.29) is 36.8 Å². The van der Waals surface area contributed by atoms with Crippen molar-refractivity contribution in [2.45, 2.75) is 43.9 Å². The number of hydrogen-bond acceptors (Lipinski definition) is 8. The number of morpholine rings is 1. The van der Waals surface area contributed by atoms with Gasteiger partial charge in [-0.25, -0.2) is 14.8 Å². The number of halogens is 1. The Morgan fingerprint density at radius 2 is 1.90 bits per heavy atom. The summed E-state index contributed by atoms with van der Waals surface area (Å²) in [6.07, 6.45) is 6.30. The summed E-state index contributed by atoms with van der Waals surface area (Å²) >= 11 is 0. The molecule has 216 valence electrons. The van der Waals surface area contributed by atoms with Crippen LogP contribution >= 0.6 is 12.4 Å². The molecule has 0 radical (unpaired) electrons. The van der Waals surface area contributed by atoms with E-state index in [4.69, 9.17) is 19.9 Å². The number of carbonyl (C=O) groups excluding carboxylic acids is 1. The van der Waals surface area contributed by atoms with E-state index >= 15 is 0 Å². The number of benzene rings is 2. The van der Waals surface area contributed by atoms with Crippen molar-refractivity contribution in [2.75, 3.05) is 32.0 Å². The molecule has 11 heteroatoms. The van der Waals surface area contributed by atoms with Crippen LogP contribution in [0.3, 0.4) is 0 Å². The normalized spacial score (nSPS) is 20.3. The molecule has 1 saturated carbocycles. The number of aromatic nitrogens is 3. The summed E-state index contributed by atoms with van der Waals surface area (Å²) in [6, 6.07) is 17.7. The van der Waals surface area contributed by atoms with Crippen molar-refractivity contribution >= 4 is 35.4 Å². The van der Waals surface area contributed by atoms with Gasteiger partial charge in [0.05, 0.1) is 18.1 Å². The number of alkyl carbamates (subject to hydrolysis) is 1. The van der Waals surface area contributed by atoms with E-state index < -0.39 is 0 Å². The van der Waals surface area contributed by atoms with E-state index in [2.05, 4.69) is 31.4 Å². The van der Waals surface area contributed by atoms with Crippen LogP contribution in [0.15, 0.2) is 67.1 Å². The average molecular weight is 579 g/mol. The Kier molecular flexibility index (Phi) is 9.23. The van der Waals surface area contributed by atoms with E-state index in [9.17, 15) is 4.79 Å². The third-order valence-corrected chi connectivity index (χ3v) is 7.55. The lowest BCUT2D eigenvalue weighted by atomic mass is 10.1. The summed E-state index contributed by atoms with van der Waals surface area (Å²) in [7, 11) is 0. The number of nitrogens with zero attached hydrogens (tertiary/aromatic N) is 3. The maximum absolute atomic E-state index is 12.4. The predicted molar refractivity (Wildman–Crippen MR) is 160 cm³/mol. The molecular weight excluding hydrogens is 544 g/mol. The minimum Gasteiger partial charge on any atom is -0.457 e. The second-order valence-corrected chi connectivity index (χ2v) is 10.3. The molecule has 2 aromatic heterocycles. The Balaban J connectivity index is 0.00000337. The zero-order chi connectivity index (χ0) is 27.3. The van der Waals surface area contributed by atoms with Crippen LogP contribution in [0.2, 0.25) is 0 Å². The van der Waals surface area contributed by atoms with Gasteiger partial charge < -0.3 is 35.1 Å². The number of rotatable bonds is 8. The number of para-hydroxylation sites is 1. The fraction of sp³-hybridized carbons (Fsp3) is 0.367. The molecule has 2 aliphatic rings. The van der Waals surface area contributed by atoms with Gasteiger partial charge in [-0.2, -0.15) is 0 Å². The molecule has 1 amide bonds. The number of carbonyl (C=O) groups is 1. The summed E-state index contributed by atoms with van der Waals surface area (Å²) in [5, 5.41) is 6.99. The summed E-state index contributed by atoms with van der Waals surface area (Å²) in [5.74, 6) is 1.97. The Labute approximate surface area is 245 Å². The Morgan fingerprint density at radius 1 is 1.10 bits per heavy atom. The molecule has 3 heterocycles. The van der Waals surface area contributed by atoms with Crippen LogP contribution in [0.4, 0.5) is 10.6 Å². The highest BCUT2D eigenvalue weighted by Gasteiger charge is 2.31. The van der Waals surface area contributed by atoms with Crippen LogP contribution in [0, 0.1) is 0 Å². The van der Waals surface area contributed by atoms with E-state index in [0.29, 0.717) is 25.4 Å². The van der Waals surface area contributed by atoms with Gasteiger partial charge in [-0.15, -0.1) is 12.4 Å². The van der Waals surface area contributed by atoms with Crippen molar-refractivity contribution in [3.63, 3.8) is 0 Å². The van der Waals surface area contributed by atoms with Crippen molar-refractivity contribution in [1.29, 1.82) is 0 Å². The lowest BCUT2D eigenvalue weighted by molar-refractivity contribution is 0.0233. The molecule has 10 nitrogen and oxygen atoms in total. The number of fused-ring (bicyclic) bond motifs is 1. The summed E-state index contributed by atoms with van der Waals surface area (Å²) < 4.78 is 19.5. The zero-order valence-electron chi connectivity index (χ0n) is 22.7. The van der Waals surface area contributed by atoms with Gasteiger partial charge >= 0.3 is 6.09 Å². The molecule has 1 aliphatic heterocycles. The van der Waals surface area contributed by atoms with Gasteiger partial charge in [0.1, 0.15) is 35.4 Å². The molecule has 1 saturated heterocycles. The Bertz CT molecular complexity index is 1440. The first-order valence-electron chi connectivity index (χ1n) is 13.8. The molecule has 6 rings (SSSR count). The molecule has 4 N–H and O–H groups in total. The van der Waals surface area contributed by atoms with Crippen molar-refractivity contribution in [3.05, 3.63) is 67.1 Å². The number of nitrogens with two attached hydrogens (primary N) is 1. The van der Waals surface area contributed by atoms with Crippen LogP contribution < -0.4 is 21.1 Å². The first kappa shape index (κ1) is 28.7. The van der Waals surface area contributed by atoms with Gasteiger partial charge in [-0.1, -0.05) is 30.3 Å². The van der Waals surface area contributed by atoms with E-state index in [1.807, 2.05) is 54.6 Å². The number of hydrogen-bond donors (Lipinski definition) is 3. The van der Waals surface area contributed by atoms with Crippen molar-refractivity contribution in [1.82, 2.24) is 25.2 Å². The third-order valence-electron chi connectivity index (χ3n) is 7.55. The van der Waals surface area contributed by atoms with Crippen molar-refractivity contribution in [2.24, 2.45) is 0 Å². The number of anilines is 1. The van der Waals surface area contributed by atoms with Gasteiger partial charge in [0.2, 0.25) is 0 Å². The second kappa shape index (κ2) is 13.2. The predicted octanol–water partition coefficient (Wildman–Crippen LogP) is 5.09. The summed E-state index contributed by atoms with van der Waals surface area (Å²) in [5.41, 5.74) is 9.09. The van der Waals surface area contributed by atoms with Crippen LogP contribution in [0.5, 0.6) is 11.5 Å². The fourth-order valence-electron chi connectivity index (χ4n) is 5.54. The molecule has 2 aromatic carbocycles. The third kappa shape index (κ3) is 6.73. The van der Waals surface area contributed by atoms with Crippen LogP contribution in [0.1, 0.15) is 31.7 Å². The average Bonchev–Trinajstić information content (AvgIpc) is 3.60. The molecule has 2 fully saturated rings. The minimum atomic E-state index is -0.378. The Morgan fingerprint density at radius 3 is 2.68 bits per heavy atom. The number of amides is 1. The van der Waals surface area contributed by atoms with E-state index in [1.165, 1.54) is 6.33 Å². The van der Waals surface area contributed by atoms with Crippen molar-refractivity contribution in [3.8, 4) is 22.6 Å². The SMILES string of the molecule is Cl.Nc1ncnc2c1c(-c1ccc(Oc3ccccc3)cc1)cn2C1CCC(OC(=O)NCCC2CNCCO2)C1. The number of nitrogens with one attached hydrogen (secondary N) is 2. The van der Waals surface area contributed by atoms with Gasteiger partial charge in [0.25, 0.3) is 0 Å². The number of ether oxygens (including phenoxy) is 3. The monoisotopic (exact) mass is 578 g/mol. The lowest BCUT2D eigenvalue weighted by Gasteiger charge is -2.23. The maximum atomic E-state index is 12.4. The number of nitrogen functional groups attached to an aromatic ring is 1. The van der Waals surface area contributed by atoms with E-state index in [1.54, 1.807) is 0 Å². The highest BCUT2D eigenvalue weighted by molar-refractivity contribution is 6.00. The minimum absolute atomic E-state index is 0. The second-order valence-electron chi connectivity index (χ2n) is 10.3. The van der Waals surface area contributed by atoms with Gasteiger partial charge in [0.15, 0.2) is 0 Å². The van der Waals surface area contributed by atoms with E-state index in [0.717, 1.165) is 66.0 Å². The van der Waals surface area contributed by atoms with Crippen LogP contribution in [0.25, 0.3) is 22.2 Å². The highest BCUT2D eigenvalue weighted by Crippen LogP contribution is 2.40. The van der Waals surface area contributed by atoms with Gasteiger partial charge in [-0.3, -0.25) is 0 Å². The largest absolute Gasteiger partial charge is 0.457 e. The van der Waals surface area contributed by atoms with Crippen LogP contribution in [-0.4, -0.2) is 59.1 Å². The summed E-state index contributed by atoms with van der Waals surface area (Å²) in [6.45, 7) is 2.92. The molecule has 4 aromatic rings. The standard InChI is InChI=1S/C30H34N6O4.ClH/c31-28-27-26(20-6-9-23(10-7-20)39-22-4-2-1-3-5-22)18-36(29(27)35-19-34-28)21-8-11-24(16-21)40-30(37)33-13-12-25-17-32-14-15-38-25;/h1-7,9-10,18-19,21,24-25,32H,8,11-17H2,(H,33,37)(H2,31,34,35);1H. The molecule has 1 aliphatic carbocycles. The first-order chi connectivity index (χ1) is 19.6. The quantitative estimate of drug-likeness (QED) is 0.264. The molecule has 3 unspecified atom stereocenters. The fourth-order valence-corrected chi connectivity index (χ4v) is 5.54. The molecular formula is C30H35ClN6O4. The Hall–Kier alpha value is -3.86. The summed E-state index contributed by atoms with van der Waals surface area (Å²) in [4.78, 5) is 21.3. The maximum Gasteiger partial charge on any atom is 0.407 e. The topological polar surface area (TPSA) is 126 Å². The van der Waals surface area contributed by atoms with Gasteiger partial charge in [-0.05, 0) is 49.1 Å².